The van der Waals surface area contributed by atoms with Crippen LogP contribution in [0.4, 0.5) is 5.69 Å². The van der Waals surface area contributed by atoms with Crippen LogP contribution in [0.3, 0.4) is 0 Å². The van der Waals surface area contributed by atoms with E-state index in [-0.39, 0.29) is 11.8 Å². The molecule has 0 aliphatic heterocycles. The Morgan fingerprint density at radius 1 is 1.10 bits per heavy atom. The molecule has 0 saturated carbocycles. The zero-order valence-corrected chi connectivity index (χ0v) is 17.0. The standard InChI is InChI=1S/C22H23N3O3S/c1-2-28-19-7-4-3-6-18(19)21(27)23-13-5-8-20(26)25-17-11-9-16(10-12-17)22-24-14-15-29-22/h3-4,6-7,9-12,14-15H,2,5,8,13H2,1H3,(H,23,27)(H,25,26). The molecule has 1 aromatic heterocycles. The maximum absolute atomic E-state index is 12.3. The normalized spacial score (nSPS) is 10.4. The van der Waals surface area contributed by atoms with Crippen LogP contribution in [0.5, 0.6) is 5.75 Å². The molecule has 0 aliphatic carbocycles. The summed E-state index contributed by atoms with van der Waals surface area (Å²) in [6.07, 6.45) is 2.64. The Kier molecular flexibility index (Phi) is 7.35. The molecular formula is C22H23N3O3S. The summed E-state index contributed by atoms with van der Waals surface area (Å²) in [6.45, 7) is 2.78. The quantitative estimate of drug-likeness (QED) is 0.515. The zero-order chi connectivity index (χ0) is 20.5. The van der Waals surface area contributed by atoms with Crippen molar-refractivity contribution < 1.29 is 14.3 Å². The number of hydrogen-bond donors (Lipinski definition) is 2. The molecule has 2 amide bonds. The number of nitrogens with one attached hydrogen (secondary N) is 2. The third-order valence-corrected chi connectivity index (χ3v) is 4.97. The summed E-state index contributed by atoms with van der Waals surface area (Å²) < 4.78 is 5.47. The number of hydrogen-bond acceptors (Lipinski definition) is 5. The Balaban J connectivity index is 1.41. The van der Waals surface area contributed by atoms with Crippen molar-refractivity contribution in [2.75, 3.05) is 18.5 Å². The first-order valence-electron chi connectivity index (χ1n) is 9.47. The van der Waals surface area contributed by atoms with Crippen LogP contribution in [0.25, 0.3) is 10.6 Å². The highest BCUT2D eigenvalue weighted by atomic mass is 32.1. The largest absolute Gasteiger partial charge is 0.493 e. The average Bonchev–Trinajstić information content (AvgIpc) is 3.27. The predicted octanol–water partition coefficient (Wildman–Crippen LogP) is 4.36. The molecule has 3 rings (SSSR count). The highest BCUT2D eigenvalue weighted by molar-refractivity contribution is 7.13. The van der Waals surface area contributed by atoms with Crippen molar-refractivity contribution in [3.8, 4) is 16.3 Å². The maximum atomic E-state index is 12.3. The number of benzene rings is 2. The van der Waals surface area contributed by atoms with Gasteiger partial charge in [0.15, 0.2) is 0 Å². The Hall–Kier alpha value is -3.19. The number of nitrogens with zero attached hydrogens (tertiary/aromatic N) is 1. The van der Waals surface area contributed by atoms with Crippen molar-refractivity contribution in [1.82, 2.24) is 10.3 Å². The number of ether oxygens (including phenoxy) is 1. The van der Waals surface area contributed by atoms with Crippen molar-refractivity contribution in [2.45, 2.75) is 19.8 Å². The fraction of sp³-hybridized carbons (Fsp3) is 0.227. The van der Waals surface area contributed by atoms with E-state index in [0.717, 1.165) is 16.3 Å². The minimum absolute atomic E-state index is 0.0871. The first-order valence-corrected chi connectivity index (χ1v) is 10.3. The monoisotopic (exact) mass is 409 g/mol. The van der Waals surface area contributed by atoms with Gasteiger partial charge in [0.05, 0.1) is 12.2 Å². The molecular weight excluding hydrogens is 386 g/mol. The zero-order valence-electron chi connectivity index (χ0n) is 16.2. The van der Waals surface area contributed by atoms with E-state index in [1.165, 1.54) is 0 Å². The predicted molar refractivity (Wildman–Crippen MR) is 115 cm³/mol. The maximum Gasteiger partial charge on any atom is 0.255 e. The summed E-state index contributed by atoms with van der Waals surface area (Å²) in [5.74, 6) is 0.273. The molecule has 7 heteroatoms. The van der Waals surface area contributed by atoms with Crippen molar-refractivity contribution in [3.05, 3.63) is 65.7 Å². The number of aromatic nitrogens is 1. The van der Waals surface area contributed by atoms with Crippen LogP contribution in [0, 0.1) is 0 Å². The molecule has 0 radical (unpaired) electrons. The van der Waals surface area contributed by atoms with Crippen molar-refractivity contribution in [1.29, 1.82) is 0 Å². The van der Waals surface area contributed by atoms with Gasteiger partial charge in [0.2, 0.25) is 5.91 Å². The second-order valence-corrected chi connectivity index (χ2v) is 7.15. The van der Waals surface area contributed by atoms with Crippen LogP contribution in [-0.4, -0.2) is 29.9 Å². The van der Waals surface area contributed by atoms with Gasteiger partial charge in [0, 0.05) is 35.8 Å². The Bertz CT molecular complexity index is 940. The number of carbonyl (C=O) groups excluding carboxylic acids is 2. The fourth-order valence-electron chi connectivity index (χ4n) is 2.77. The van der Waals surface area contributed by atoms with E-state index in [2.05, 4.69) is 15.6 Å². The summed E-state index contributed by atoms with van der Waals surface area (Å²) >= 11 is 1.57. The van der Waals surface area contributed by atoms with Crippen molar-refractivity contribution in [2.24, 2.45) is 0 Å². The van der Waals surface area contributed by atoms with Gasteiger partial charge in [-0.2, -0.15) is 0 Å². The SMILES string of the molecule is CCOc1ccccc1C(=O)NCCCC(=O)Nc1ccc(-c2nccs2)cc1. The summed E-state index contributed by atoms with van der Waals surface area (Å²) in [7, 11) is 0. The van der Waals surface area contributed by atoms with Gasteiger partial charge in [-0.25, -0.2) is 4.98 Å². The van der Waals surface area contributed by atoms with E-state index < -0.39 is 0 Å². The fourth-order valence-corrected chi connectivity index (χ4v) is 3.41. The molecule has 29 heavy (non-hydrogen) atoms. The lowest BCUT2D eigenvalue weighted by Gasteiger charge is -2.10. The number of para-hydroxylation sites is 1. The molecule has 6 nitrogen and oxygen atoms in total. The van der Waals surface area contributed by atoms with E-state index in [1.807, 2.05) is 42.6 Å². The van der Waals surface area contributed by atoms with Gasteiger partial charge in [-0.05, 0) is 49.7 Å². The van der Waals surface area contributed by atoms with Crippen LogP contribution >= 0.6 is 11.3 Å². The topological polar surface area (TPSA) is 80.3 Å². The molecule has 1 heterocycles. The van der Waals surface area contributed by atoms with Gasteiger partial charge in [-0.15, -0.1) is 11.3 Å². The number of rotatable bonds is 9. The van der Waals surface area contributed by atoms with E-state index in [9.17, 15) is 9.59 Å². The van der Waals surface area contributed by atoms with Gasteiger partial charge < -0.3 is 15.4 Å². The average molecular weight is 410 g/mol. The molecule has 0 fully saturated rings. The van der Waals surface area contributed by atoms with E-state index >= 15 is 0 Å². The lowest BCUT2D eigenvalue weighted by molar-refractivity contribution is -0.116. The highest BCUT2D eigenvalue weighted by Gasteiger charge is 2.11. The lowest BCUT2D eigenvalue weighted by atomic mass is 10.2. The Labute approximate surface area is 173 Å². The molecule has 2 N–H and O–H groups in total. The van der Waals surface area contributed by atoms with Crippen molar-refractivity contribution in [3.63, 3.8) is 0 Å². The first kappa shape index (κ1) is 20.5. The van der Waals surface area contributed by atoms with Crippen LogP contribution in [0.2, 0.25) is 0 Å². The summed E-state index contributed by atoms with van der Waals surface area (Å²) in [6, 6.07) is 14.7. The molecule has 2 aromatic carbocycles. The molecule has 0 bridgehead atoms. The van der Waals surface area contributed by atoms with Crippen LogP contribution < -0.4 is 15.4 Å². The number of carbonyl (C=O) groups is 2. The molecule has 0 unspecified atom stereocenters. The minimum atomic E-state index is -0.202. The number of thiazole rings is 1. The van der Waals surface area contributed by atoms with E-state index in [4.69, 9.17) is 4.74 Å². The van der Waals surface area contributed by atoms with Gasteiger partial charge in [-0.3, -0.25) is 9.59 Å². The molecule has 0 atom stereocenters. The van der Waals surface area contributed by atoms with Gasteiger partial charge in [0.25, 0.3) is 5.91 Å². The van der Waals surface area contributed by atoms with Crippen LogP contribution in [0.15, 0.2) is 60.1 Å². The molecule has 3 aromatic rings. The van der Waals surface area contributed by atoms with Crippen LogP contribution in [-0.2, 0) is 4.79 Å². The third kappa shape index (κ3) is 5.89. The lowest BCUT2D eigenvalue weighted by Crippen LogP contribution is -2.26. The summed E-state index contributed by atoms with van der Waals surface area (Å²) in [4.78, 5) is 28.7. The van der Waals surface area contributed by atoms with Gasteiger partial charge >= 0.3 is 0 Å². The molecule has 0 aliphatic rings. The summed E-state index contributed by atoms with van der Waals surface area (Å²) in [5, 5.41) is 8.59. The summed E-state index contributed by atoms with van der Waals surface area (Å²) in [5.41, 5.74) is 2.26. The van der Waals surface area contributed by atoms with E-state index in [0.29, 0.717) is 37.3 Å². The second kappa shape index (κ2) is 10.4. The second-order valence-electron chi connectivity index (χ2n) is 6.25. The smallest absolute Gasteiger partial charge is 0.255 e. The number of anilines is 1. The van der Waals surface area contributed by atoms with Crippen molar-refractivity contribution >= 4 is 28.8 Å². The molecule has 0 saturated heterocycles. The first-order chi connectivity index (χ1) is 14.2. The van der Waals surface area contributed by atoms with Crippen LogP contribution in [0.1, 0.15) is 30.1 Å². The Morgan fingerprint density at radius 3 is 2.62 bits per heavy atom. The highest BCUT2D eigenvalue weighted by Crippen LogP contribution is 2.23. The van der Waals surface area contributed by atoms with Gasteiger partial charge in [-0.1, -0.05) is 12.1 Å². The third-order valence-electron chi connectivity index (χ3n) is 4.15. The Morgan fingerprint density at radius 2 is 1.90 bits per heavy atom. The molecule has 0 spiro atoms. The van der Waals surface area contributed by atoms with Gasteiger partial charge in [0.1, 0.15) is 10.8 Å². The number of amides is 2. The van der Waals surface area contributed by atoms with E-state index in [1.54, 1.807) is 35.7 Å². The molecule has 150 valence electrons. The minimum Gasteiger partial charge on any atom is -0.493 e.